The van der Waals surface area contributed by atoms with E-state index in [1.807, 2.05) is 32.0 Å². The number of anilines is 1. The van der Waals surface area contributed by atoms with E-state index in [2.05, 4.69) is 11.8 Å². The molecule has 0 unspecified atom stereocenters. The van der Waals surface area contributed by atoms with Gasteiger partial charge in [-0.3, -0.25) is 9.59 Å². The molecule has 30 heavy (non-hydrogen) atoms. The zero-order valence-corrected chi connectivity index (χ0v) is 18.8. The van der Waals surface area contributed by atoms with Crippen LogP contribution in [0.1, 0.15) is 36.5 Å². The van der Waals surface area contributed by atoms with Crippen molar-refractivity contribution in [2.45, 2.75) is 33.6 Å². The highest BCUT2D eigenvalue weighted by Crippen LogP contribution is 2.38. The topological polar surface area (TPSA) is 40.6 Å². The predicted molar refractivity (Wildman–Crippen MR) is 122 cm³/mol. The molecular weight excluding hydrogens is 419 g/mol. The summed E-state index contributed by atoms with van der Waals surface area (Å²) in [5.74, 6) is -0.0433. The summed E-state index contributed by atoms with van der Waals surface area (Å²) >= 11 is 12.3. The number of halogens is 2. The van der Waals surface area contributed by atoms with Crippen molar-refractivity contribution >= 4 is 46.3 Å². The SMILES string of the molecule is Cc1ccc(C2=C(N3CCC(C)CC3)C(=O)N(c3cc(Cl)cc(Cl)c3)C2=O)cc1C. The van der Waals surface area contributed by atoms with E-state index >= 15 is 0 Å². The zero-order chi connectivity index (χ0) is 21.6. The normalized spacial score (nSPS) is 18.0. The number of benzene rings is 2. The quantitative estimate of drug-likeness (QED) is 0.578. The van der Waals surface area contributed by atoms with E-state index in [9.17, 15) is 9.59 Å². The maximum atomic E-state index is 13.6. The van der Waals surface area contributed by atoms with Gasteiger partial charge in [0.1, 0.15) is 5.70 Å². The summed E-state index contributed by atoms with van der Waals surface area (Å²) < 4.78 is 0. The van der Waals surface area contributed by atoms with Gasteiger partial charge >= 0.3 is 0 Å². The lowest BCUT2D eigenvalue weighted by Crippen LogP contribution is -2.38. The Bertz CT molecular complexity index is 1050. The summed E-state index contributed by atoms with van der Waals surface area (Å²) in [5, 5.41) is 0.761. The molecule has 2 aromatic carbocycles. The number of likely N-dealkylation sites (tertiary alicyclic amines) is 1. The number of hydrogen-bond donors (Lipinski definition) is 0. The van der Waals surface area contributed by atoms with Crippen LogP contribution in [0.2, 0.25) is 10.0 Å². The van der Waals surface area contributed by atoms with Crippen LogP contribution in [0, 0.1) is 19.8 Å². The molecule has 0 atom stereocenters. The molecule has 0 aromatic heterocycles. The van der Waals surface area contributed by atoms with Crippen molar-refractivity contribution < 1.29 is 9.59 Å². The van der Waals surface area contributed by atoms with Crippen LogP contribution >= 0.6 is 23.2 Å². The van der Waals surface area contributed by atoms with Crippen LogP contribution in [0.3, 0.4) is 0 Å². The molecule has 1 fully saturated rings. The summed E-state index contributed by atoms with van der Waals surface area (Å²) in [4.78, 5) is 30.4. The number of carbonyl (C=O) groups is 2. The summed E-state index contributed by atoms with van der Waals surface area (Å²) in [5.41, 5.74) is 4.31. The predicted octanol–water partition coefficient (Wildman–Crippen LogP) is 5.63. The molecule has 0 saturated carbocycles. The first-order chi connectivity index (χ1) is 14.3. The number of amides is 2. The molecule has 0 aliphatic carbocycles. The van der Waals surface area contributed by atoms with Gasteiger partial charge in [-0.05, 0) is 67.5 Å². The lowest BCUT2D eigenvalue weighted by molar-refractivity contribution is -0.120. The first-order valence-electron chi connectivity index (χ1n) is 10.2. The highest BCUT2D eigenvalue weighted by molar-refractivity contribution is 6.46. The molecule has 1 saturated heterocycles. The molecular formula is C24H24Cl2N2O2. The fraction of sp³-hybridized carbons (Fsp3) is 0.333. The molecule has 0 bridgehead atoms. The van der Waals surface area contributed by atoms with Gasteiger partial charge in [0, 0.05) is 23.1 Å². The molecule has 0 N–H and O–H groups in total. The van der Waals surface area contributed by atoms with Crippen molar-refractivity contribution in [3.05, 3.63) is 68.8 Å². The van der Waals surface area contributed by atoms with Crippen molar-refractivity contribution in [2.24, 2.45) is 5.92 Å². The second-order valence-electron chi connectivity index (χ2n) is 8.27. The summed E-state index contributed by atoms with van der Waals surface area (Å²) in [6.45, 7) is 7.78. The maximum absolute atomic E-state index is 13.6. The van der Waals surface area contributed by atoms with Crippen molar-refractivity contribution in [2.75, 3.05) is 18.0 Å². The van der Waals surface area contributed by atoms with Gasteiger partial charge < -0.3 is 4.90 Å². The maximum Gasteiger partial charge on any atom is 0.282 e. The second-order valence-corrected chi connectivity index (χ2v) is 9.14. The lowest BCUT2D eigenvalue weighted by Gasteiger charge is -2.32. The Kier molecular flexibility index (Phi) is 5.65. The van der Waals surface area contributed by atoms with E-state index in [1.54, 1.807) is 18.2 Å². The molecule has 4 rings (SSSR count). The third-order valence-corrected chi connectivity index (χ3v) is 6.50. The van der Waals surface area contributed by atoms with Gasteiger partial charge in [0.25, 0.3) is 11.8 Å². The highest BCUT2D eigenvalue weighted by Gasteiger charge is 2.43. The molecule has 2 amide bonds. The lowest BCUT2D eigenvalue weighted by atomic mass is 9.96. The van der Waals surface area contributed by atoms with Gasteiger partial charge in [-0.2, -0.15) is 0 Å². The second kappa shape index (κ2) is 8.09. The average molecular weight is 443 g/mol. The van der Waals surface area contributed by atoms with Gasteiger partial charge in [0.2, 0.25) is 0 Å². The fourth-order valence-electron chi connectivity index (χ4n) is 4.10. The zero-order valence-electron chi connectivity index (χ0n) is 17.3. The number of piperidine rings is 1. The van der Waals surface area contributed by atoms with Crippen LogP contribution in [0.15, 0.2) is 42.1 Å². The van der Waals surface area contributed by atoms with E-state index in [1.165, 1.54) is 4.90 Å². The number of hydrogen-bond acceptors (Lipinski definition) is 3. The van der Waals surface area contributed by atoms with Gasteiger partial charge in [-0.25, -0.2) is 4.90 Å². The minimum absolute atomic E-state index is 0.318. The van der Waals surface area contributed by atoms with E-state index < -0.39 is 0 Å². The number of nitrogens with zero attached hydrogens (tertiary/aromatic N) is 2. The van der Waals surface area contributed by atoms with Crippen LogP contribution in [-0.2, 0) is 9.59 Å². The number of imide groups is 1. The third-order valence-electron chi connectivity index (χ3n) is 6.06. The first-order valence-corrected chi connectivity index (χ1v) is 10.9. The number of aryl methyl sites for hydroxylation is 2. The molecule has 2 heterocycles. The van der Waals surface area contributed by atoms with Crippen LogP contribution in [0.5, 0.6) is 0 Å². The van der Waals surface area contributed by atoms with Crippen molar-refractivity contribution in [1.82, 2.24) is 4.90 Å². The Labute approximate surface area is 187 Å². The van der Waals surface area contributed by atoms with Crippen LogP contribution in [0.4, 0.5) is 5.69 Å². The van der Waals surface area contributed by atoms with E-state index in [0.717, 1.165) is 42.6 Å². The number of carbonyl (C=O) groups excluding carboxylic acids is 2. The van der Waals surface area contributed by atoms with E-state index in [0.29, 0.717) is 32.9 Å². The molecule has 2 aliphatic rings. The Morgan fingerprint density at radius 1 is 0.867 bits per heavy atom. The van der Waals surface area contributed by atoms with Crippen molar-refractivity contribution in [3.8, 4) is 0 Å². The Hall–Kier alpha value is -2.30. The number of rotatable bonds is 3. The Morgan fingerprint density at radius 2 is 1.50 bits per heavy atom. The van der Waals surface area contributed by atoms with Crippen LogP contribution < -0.4 is 4.90 Å². The molecule has 2 aromatic rings. The standard InChI is InChI=1S/C24H24Cl2N2O2/c1-14-6-8-27(9-7-14)22-21(17-5-4-15(2)16(3)10-17)23(29)28(24(22)30)20-12-18(25)11-19(26)13-20/h4-5,10-14H,6-9H2,1-3H3. The summed E-state index contributed by atoms with van der Waals surface area (Å²) in [6, 6.07) is 10.7. The summed E-state index contributed by atoms with van der Waals surface area (Å²) in [6.07, 6.45) is 1.99. The first kappa shape index (κ1) is 21.0. The minimum Gasteiger partial charge on any atom is -0.366 e. The molecule has 156 valence electrons. The highest BCUT2D eigenvalue weighted by atomic mass is 35.5. The van der Waals surface area contributed by atoms with Crippen molar-refractivity contribution in [3.63, 3.8) is 0 Å². The Morgan fingerprint density at radius 3 is 2.10 bits per heavy atom. The molecule has 4 nitrogen and oxygen atoms in total. The van der Waals surface area contributed by atoms with Gasteiger partial charge in [0.05, 0.1) is 11.3 Å². The monoisotopic (exact) mass is 442 g/mol. The van der Waals surface area contributed by atoms with E-state index in [4.69, 9.17) is 23.2 Å². The minimum atomic E-state index is -0.338. The van der Waals surface area contributed by atoms with E-state index in [-0.39, 0.29) is 11.8 Å². The molecule has 2 aliphatic heterocycles. The molecule has 0 radical (unpaired) electrons. The summed E-state index contributed by atoms with van der Waals surface area (Å²) in [7, 11) is 0. The Balaban J connectivity index is 1.84. The van der Waals surface area contributed by atoms with Gasteiger partial charge in [-0.15, -0.1) is 0 Å². The molecule has 6 heteroatoms. The largest absolute Gasteiger partial charge is 0.366 e. The van der Waals surface area contributed by atoms with Gasteiger partial charge in [-0.1, -0.05) is 48.3 Å². The fourth-order valence-corrected chi connectivity index (χ4v) is 4.62. The van der Waals surface area contributed by atoms with Crippen LogP contribution in [-0.4, -0.2) is 29.8 Å². The average Bonchev–Trinajstić information content (AvgIpc) is 2.94. The third kappa shape index (κ3) is 3.75. The van der Waals surface area contributed by atoms with Crippen LogP contribution in [0.25, 0.3) is 5.57 Å². The smallest absolute Gasteiger partial charge is 0.282 e. The molecule has 0 spiro atoms. The van der Waals surface area contributed by atoms with Crippen molar-refractivity contribution in [1.29, 1.82) is 0 Å². The van der Waals surface area contributed by atoms with Gasteiger partial charge in [0.15, 0.2) is 0 Å².